The molecule has 4 aromatic rings. The minimum Gasteiger partial charge on any atom is -0.497 e. The highest BCUT2D eigenvalue weighted by atomic mass is 16.5. The molecule has 6 nitrogen and oxygen atoms in total. The molecule has 168 valence electrons. The predicted molar refractivity (Wildman–Crippen MR) is 127 cm³/mol. The molecule has 0 spiro atoms. The molecule has 33 heavy (non-hydrogen) atoms. The molecular formula is C27H27N3O3. The Morgan fingerprint density at radius 2 is 1.67 bits per heavy atom. The number of nitrogens with zero attached hydrogens (tertiary/aromatic N) is 3. The first kappa shape index (κ1) is 21.1. The van der Waals surface area contributed by atoms with E-state index in [4.69, 9.17) is 14.5 Å². The normalized spacial score (nSPS) is 15.8. The summed E-state index contributed by atoms with van der Waals surface area (Å²) in [4.78, 5) is 19.7. The summed E-state index contributed by atoms with van der Waals surface area (Å²) in [5.41, 5.74) is 3.17. The number of carbonyl (C=O) groups excluding carboxylic acids is 1. The van der Waals surface area contributed by atoms with Gasteiger partial charge in [-0.15, -0.1) is 0 Å². The third-order valence-corrected chi connectivity index (χ3v) is 6.12. The van der Waals surface area contributed by atoms with Gasteiger partial charge in [0.15, 0.2) is 0 Å². The molecule has 1 unspecified atom stereocenters. The number of aromatic nitrogens is 2. The summed E-state index contributed by atoms with van der Waals surface area (Å²) in [6.07, 6.45) is 0.482. The highest BCUT2D eigenvalue weighted by Crippen LogP contribution is 2.31. The average Bonchev–Trinajstić information content (AvgIpc) is 3.40. The molecule has 0 bridgehead atoms. The number of likely N-dealkylation sites (tertiary alicyclic amines) is 1. The van der Waals surface area contributed by atoms with Gasteiger partial charge in [0.2, 0.25) is 5.91 Å². The van der Waals surface area contributed by atoms with Crippen molar-refractivity contribution in [3.05, 3.63) is 90.3 Å². The summed E-state index contributed by atoms with van der Waals surface area (Å²) in [5, 5.41) is 0. The number of hydrogen-bond donors (Lipinski definition) is 0. The third kappa shape index (κ3) is 4.55. The molecule has 2 heterocycles. The van der Waals surface area contributed by atoms with Crippen LogP contribution in [0.5, 0.6) is 11.5 Å². The Hall–Kier alpha value is -3.80. The fraction of sp³-hybridized carbons (Fsp3) is 0.259. The Balaban J connectivity index is 1.33. The molecular weight excluding hydrogens is 414 g/mol. The Labute approximate surface area is 193 Å². The summed E-state index contributed by atoms with van der Waals surface area (Å²) in [5.74, 6) is 2.80. The van der Waals surface area contributed by atoms with Crippen molar-refractivity contribution in [3.8, 4) is 11.5 Å². The number of rotatable bonds is 8. The van der Waals surface area contributed by atoms with Crippen LogP contribution in [0.15, 0.2) is 78.9 Å². The van der Waals surface area contributed by atoms with E-state index in [1.54, 1.807) is 7.11 Å². The van der Waals surface area contributed by atoms with Gasteiger partial charge in [0.05, 0.1) is 24.7 Å². The van der Waals surface area contributed by atoms with Gasteiger partial charge in [-0.25, -0.2) is 4.98 Å². The first-order valence-electron chi connectivity index (χ1n) is 11.2. The molecule has 0 radical (unpaired) electrons. The van der Waals surface area contributed by atoms with Gasteiger partial charge in [-0.3, -0.25) is 4.79 Å². The van der Waals surface area contributed by atoms with Gasteiger partial charge in [-0.1, -0.05) is 42.5 Å². The van der Waals surface area contributed by atoms with Gasteiger partial charge < -0.3 is 18.9 Å². The highest BCUT2D eigenvalue weighted by molar-refractivity contribution is 5.81. The van der Waals surface area contributed by atoms with E-state index in [9.17, 15) is 4.79 Å². The van der Waals surface area contributed by atoms with Crippen LogP contribution in [-0.4, -0.2) is 40.6 Å². The van der Waals surface area contributed by atoms with Gasteiger partial charge in [-0.2, -0.15) is 0 Å². The van der Waals surface area contributed by atoms with Crippen LogP contribution >= 0.6 is 0 Å². The lowest BCUT2D eigenvalue weighted by atomic mass is 10.1. The van der Waals surface area contributed by atoms with E-state index in [1.165, 1.54) is 0 Å². The number of amides is 1. The number of fused-ring (bicyclic) bond motifs is 1. The molecule has 3 aromatic carbocycles. The van der Waals surface area contributed by atoms with Crippen LogP contribution in [0.1, 0.15) is 23.7 Å². The zero-order valence-electron chi connectivity index (χ0n) is 18.7. The molecule has 1 aliphatic rings. The van der Waals surface area contributed by atoms with Crippen molar-refractivity contribution >= 4 is 16.9 Å². The van der Waals surface area contributed by atoms with Gasteiger partial charge in [0, 0.05) is 25.4 Å². The van der Waals surface area contributed by atoms with Crippen molar-refractivity contribution in [2.45, 2.75) is 25.4 Å². The maximum absolute atomic E-state index is 12.8. The lowest BCUT2D eigenvalue weighted by Gasteiger charge is -2.17. The zero-order valence-corrected chi connectivity index (χ0v) is 18.7. The number of ether oxygens (including phenoxy) is 2. The highest BCUT2D eigenvalue weighted by Gasteiger charge is 2.33. The second-order valence-corrected chi connectivity index (χ2v) is 8.30. The van der Waals surface area contributed by atoms with Crippen LogP contribution in [0.2, 0.25) is 0 Å². The molecule has 5 rings (SSSR count). The summed E-state index contributed by atoms with van der Waals surface area (Å²) < 4.78 is 13.4. The maximum atomic E-state index is 12.8. The van der Waals surface area contributed by atoms with E-state index < -0.39 is 0 Å². The minimum atomic E-state index is 0.0644. The molecule has 1 saturated heterocycles. The molecule has 0 aliphatic carbocycles. The molecule has 1 amide bonds. The number of imidazole rings is 1. The van der Waals surface area contributed by atoms with Crippen molar-refractivity contribution in [1.82, 2.24) is 14.5 Å². The predicted octanol–water partition coefficient (Wildman–Crippen LogP) is 4.64. The topological polar surface area (TPSA) is 56.6 Å². The van der Waals surface area contributed by atoms with E-state index in [0.29, 0.717) is 32.7 Å². The van der Waals surface area contributed by atoms with Gasteiger partial charge >= 0.3 is 0 Å². The SMILES string of the molecule is COc1ccc(OCCn2c(C3CC(=O)N(Cc4ccccc4)C3)nc3ccccc32)cc1. The van der Waals surface area contributed by atoms with Crippen LogP contribution in [0, 0.1) is 0 Å². The van der Waals surface area contributed by atoms with E-state index >= 15 is 0 Å². The largest absolute Gasteiger partial charge is 0.497 e. The second kappa shape index (κ2) is 9.36. The summed E-state index contributed by atoms with van der Waals surface area (Å²) in [6.45, 7) is 2.48. The Kier molecular flexibility index (Phi) is 5.98. The van der Waals surface area contributed by atoms with Crippen molar-refractivity contribution in [1.29, 1.82) is 0 Å². The average molecular weight is 442 g/mol. The first-order valence-corrected chi connectivity index (χ1v) is 11.2. The summed E-state index contributed by atoms with van der Waals surface area (Å²) >= 11 is 0. The van der Waals surface area contributed by atoms with Crippen molar-refractivity contribution in [3.63, 3.8) is 0 Å². The zero-order chi connectivity index (χ0) is 22.6. The van der Waals surface area contributed by atoms with Crippen molar-refractivity contribution in [2.24, 2.45) is 0 Å². The molecule has 0 N–H and O–H groups in total. The number of para-hydroxylation sites is 2. The van der Waals surface area contributed by atoms with Crippen LogP contribution in [-0.2, 0) is 17.9 Å². The Bertz CT molecular complexity index is 1230. The lowest BCUT2D eigenvalue weighted by Crippen LogP contribution is -2.24. The molecule has 1 aliphatic heterocycles. The standard InChI is InChI=1S/C27H27N3O3/c1-32-22-11-13-23(14-12-22)33-16-15-30-25-10-6-5-9-24(25)28-27(30)21-17-26(31)29(19-21)18-20-7-3-2-4-8-20/h2-14,21H,15-19H2,1H3. The minimum absolute atomic E-state index is 0.0644. The number of hydrogen-bond acceptors (Lipinski definition) is 4. The van der Waals surface area contributed by atoms with Gasteiger partial charge in [-0.05, 0) is 42.0 Å². The molecule has 1 fully saturated rings. The number of benzene rings is 3. The number of methoxy groups -OCH3 is 1. The summed E-state index contributed by atoms with van der Waals surface area (Å²) in [7, 11) is 1.65. The van der Waals surface area contributed by atoms with Crippen LogP contribution in [0.4, 0.5) is 0 Å². The van der Waals surface area contributed by atoms with Gasteiger partial charge in [0.1, 0.15) is 23.9 Å². The van der Waals surface area contributed by atoms with E-state index in [2.05, 4.69) is 22.8 Å². The van der Waals surface area contributed by atoms with Crippen LogP contribution in [0.25, 0.3) is 11.0 Å². The smallest absolute Gasteiger partial charge is 0.223 e. The van der Waals surface area contributed by atoms with E-state index in [-0.39, 0.29) is 11.8 Å². The molecule has 1 aromatic heterocycles. The quantitative estimate of drug-likeness (QED) is 0.400. The van der Waals surface area contributed by atoms with Crippen molar-refractivity contribution < 1.29 is 14.3 Å². The lowest BCUT2D eigenvalue weighted by molar-refractivity contribution is -0.128. The van der Waals surface area contributed by atoms with Crippen LogP contribution in [0.3, 0.4) is 0 Å². The Morgan fingerprint density at radius 1 is 0.939 bits per heavy atom. The van der Waals surface area contributed by atoms with Crippen LogP contribution < -0.4 is 9.47 Å². The van der Waals surface area contributed by atoms with Gasteiger partial charge in [0.25, 0.3) is 0 Å². The molecule has 0 saturated carbocycles. The first-order chi connectivity index (χ1) is 16.2. The molecule has 1 atom stereocenters. The fourth-order valence-corrected chi connectivity index (χ4v) is 4.47. The van der Waals surface area contributed by atoms with E-state index in [0.717, 1.165) is 33.9 Å². The maximum Gasteiger partial charge on any atom is 0.223 e. The second-order valence-electron chi connectivity index (χ2n) is 8.30. The number of carbonyl (C=O) groups is 1. The Morgan fingerprint density at radius 3 is 2.45 bits per heavy atom. The monoisotopic (exact) mass is 441 g/mol. The van der Waals surface area contributed by atoms with Crippen molar-refractivity contribution in [2.75, 3.05) is 20.3 Å². The summed E-state index contributed by atoms with van der Waals surface area (Å²) in [6, 6.07) is 25.9. The fourth-order valence-electron chi connectivity index (χ4n) is 4.47. The third-order valence-electron chi connectivity index (χ3n) is 6.12. The molecule has 6 heteroatoms. The van der Waals surface area contributed by atoms with E-state index in [1.807, 2.05) is 65.6 Å².